The summed E-state index contributed by atoms with van der Waals surface area (Å²) in [4.78, 5) is 24.2. The Morgan fingerprint density at radius 1 is 0.897 bits per heavy atom. The standard InChI is InChI=1S/C21H27N3O4S/c1-21(2,3)20(26)24-18-11-9-17(10-12-18)19(25)22-13-14-23-29(27,28)15-16-7-5-4-6-8-16/h4-12,23H,13-15H2,1-3H3,(H,22,25)(H,24,26). The Bertz CT molecular complexity index is 934. The molecule has 3 N–H and O–H groups in total. The molecule has 0 radical (unpaired) electrons. The van der Waals surface area contributed by atoms with Gasteiger partial charge in [0.1, 0.15) is 0 Å². The van der Waals surface area contributed by atoms with E-state index in [0.29, 0.717) is 16.8 Å². The third-order valence-electron chi connectivity index (χ3n) is 4.02. The number of sulfonamides is 1. The van der Waals surface area contributed by atoms with Gasteiger partial charge in [0.25, 0.3) is 5.91 Å². The van der Waals surface area contributed by atoms with Crippen molar-refractivity contribution in [1.82, 2.24) is 10.0 Å². The molecule has 0 spiro atoms. The number of hydrogen-bond donors (Lipinski definition) is 3. The van der Waals surface area contributed by atoms with E-state index in [0.717, 1.165) is 0 Å². The minimum Gasteiger partial charge on any atom is -0.351 e. The molecule has 2 rings (SSSR count). The number of amides is 2. The maximum atomic E-state index is 12.2. The lowest BCUT2D eigenvalue weighted by Crippen LogP contribution is -2.35. The Labute approximate surface area is 172 Å². The van der Waals surface area contributed by atoms with Crippen LogP contribution >= 0.6 is 0 Å². The van der Waals surface area contributed by atoms with E-state index in [2.05, 4.69) is 15.4 Å². The van der Waals surface area contributed by atoms with E-state index in [1.54, 1.807) is 48.5 Å². The molecule has 0 aliphatic carbocycles. The number of benzene rings is 2. The van der Waals surface area contributed by atoms with Crippen molar-refractivity contribution in [1.29, 1.82) is 0 Å². The summed E-state index contributed by atoms with van der Waals surface area (Å²) >= 11 is 0. The van der Waals surface area contributed by atoms with E-state index in [4.69, 9.17) is 0 Å². The lowest BCUT2D eigenvalue weighted by molar-refractivity contribution is -0.123. The molecule has 0 saturated carbocycles. The van der Waals surface area contributed by atoms with Crippen molar-refractivity contribution in [2.75, 3.05) is 18.4 Å². The van der Waals surface area contributed by atoms with Crippen LogP contribution in [0.5, 0.6) is 0 Å². The fourth-order valence-electron chi connectivity index (χ4n) is 2.35. The van der Waals surface area contributed by atoms with Crippen LogP contribution in [0.1, 0.15) is 36.7 Å². The van der Waals surface area contributed by atoms with Gasteiger partial charge in [0.05, 0.1) is 5.75 Å². The summed E-state index contributed by atoms with van der Waals surface area (Å²) in [5, 5.41) is 5.46. The number of nitrogens with one attached hydrogen (secondary N) is 3. The van der Waals surface area contributed by atoms with Crippen LogP contribution in [-0.2, 0) is 20.6 Å². The molecule has 0 aliphatic rings. The van der Waals surface area contributed by atoms with Crippen LogP contribution in [0.25, 0.3) is 0 Å². The van der Waals surface area contributed by atoms with Gasteiger partial charge >= 0.3 is 0 Å². The minimum atomic E-state index is -3.47. The van der Waals surface area contributed by atoms with Crippen molar-refractivity contribution in [2.45, 2.75) is 26.5 Å². The largest absolute Gasteiger partial charge is 0.351 e. The fraction of sp³-hybridized carbons (Fsp3) is 0.333. The summed E-state index contributed by atoms with van der Waals surface area (Å²) < 4.78 is 26.6. The number of rotatable bonds is 8. The van der Waals surface area contributed by atoms with Gasteiger partial charge in [-0.25, -0.2) is 13.1 Å². The van der Waals surface area contributed by atoms with Crippen LogP contribution in [0.15, 0.2) is 54.6 Å². The molecule has 29 heavy (non-hydrogen) atoms. The van der Waals surface area contributed by atoms with Gasteiger partial charge in [0.15, 0.2) is 0 Å². The second-order valence-corrected chi connectivity index (χ2v) is 9.48. The van der Waals surface area contributed by atoms with Gasteiger partial charge in [0.2, 0.25) is 15.9 Å². The Morgan fingerprint density at radius 2 is 1.52 bits per heavy atom. The van der Waals surface area contributed by atoms with Gasteiger partial charge in [-0.05, 0) is 29.8 Å². The predicted molar refractivity (Wildman–Crippen MR) is 114 cm³/mol. The zero-order valence-electron chi connectivity index (χ0n) is 16.9. The predicted octanol–water partition coefficient (Wildman–Crippen LogP) is 2.52. The second kappa shape index (κ2) is 9.67. The van der Waals surface area contributed by atoms with Gasteiger partial charge in [0, 0.05) is 29.8 Å². The highest BCUT2D eigenvalue weighted by Gasteiger charge is 2.21. The van der Waals surface area contributed by atoms with E-state index in [1.165, 1.54) is 0 Å². The molecule has 8 heteroatoms. The third-order valence-corrected chi connectivity index (χ3v) is 5.38. The summed E-state index contributed by atoms with van der Waals surface area (Å²) in [6, 6.07) is 15.4. The monoisotopic (exact) mass is 417 g/mol. The molecule has 0 saturated heterocycles. The van der Waals surface area contributed by atoms with E-state index >= 15 is 0 Å². The Balaban J connectivity index is 1.78. The fourth-order valence-corrected chi connectivity index (χ4v) is 3.50. The van der Waals surface area contributed by atoms with Gasteiger partial charge in [-0.3, -0.25) is 9.59 Å². The van der Waals surface area contributed by atoms with Crippen molar-refractivity contribution in [3.05, 3.63) is 65.7 Å². The van der Waals surface area contributed by atoms with Crippen molar-refractivity contribution in [2.24, 2.45) is 5.41 Å². The summed E-state index contributed by atoms with van der Waals surface area (Å²) in [7, 11) is -3.47. The molecule has 2 amide bonds. The van der Waals surface area contributed by atoms with Crippen LogP contribution in [0, 0.1) is 5.41 Å². The van der Waals surface area contributed by atoms with E-state index in [1.807, 2.05) is 26.8 Å². The highest BCUT2D eigenvalue weighted by Crippen LogP contribution is 2.17. The van der Waals surface area contributed by atoms with E-state index < -0.39 is 15.4 Å². The minimum absolute atomic E-state index is 0.0978. The normalized spacial score (nSPS) is 11.7. The molecule has 7 nitrogen and oxygen atoms in total. The molecule has 0 heterocycles. The lowest BCUT2D eigenvalue weighted by atomic mass is 9.95. The van der Waals surface area contributed by atoms with Crippen molar-refractivity contribution in [3.63, 3.8) is 0 Å². The number of carbonyl (C=O) groups excluding carboxylic acids is 2. The molecule has 2 aromatic carbocycles. The zero-order chi connectivity index (χ0) is 21.5. The SMILES string of the molecule is CC(C)(C)C(=O)Nc1ccc(C(=O)NCCNS(=O)(=O)Cc2ccccc2)cc1. The van der Waals surface area contributed by atoms with Gasteiger partial charge in [-0.15, -0.1) is 0 Å². The van der Waals surface area contributed by atoms with Crippen molar-refractivity contribution < 1.29 is 18.0 Å². The van der Waals surface area contributed by atoms with Crippen molar-refractivity contribution in [3.8, 4) is 0 Å². The van der Waals surface area contributed by atoms with Crippen LogP contribution in [-0.4, -0.2) is 33.3 Å². The second-order valence-electron chi connectivity index (χ2n) is 7.68. The smallest absolute Gasteiger partial charge is 0.251 e. The highest BCUT2D eigenvalue weighted by atomic mass is 32.2. The number of anilines is 1. The first kappa shape index (κ1) is 22.6. The molecule has 2 aromatic rings. The maximum Gasteiger partial charge on any atom is 0.251 e. The summed E-state index contributed by atoms with van der Waals surface area (Å²) in [6.45, 7) is 5.71. The van der Waals surface area contributed by atoms with Gasteiger partial charge < -0.3 is 10.6 Å². The van der Waals surface area contributed by atoms with E-state index in [-0.39, 0.29) is 30.7 Å². The summed E-state index contributed by atoms with van der Waals surface area (Å²) in [5.74, 6) is -0.540. The maximum absolute atomic E-state index is 12.2. The Kier molecular flexibility index (Phi) is 7.53. The first-order valence-corrected chi connectivity index (χ1v) is 10.9. The molecule has 0 fully saturated rings. The zero-order valence-corrected chi connectivity index (χ0v) is 17.7. The summed E-state index contributed by atoms with van der Waals surface area (Å²) in [5.41, 5.74) is 1.22. The quantitative estimate of drug-likeness (QED) is 0.574. The molecule has 156 valence electrons. The van der Waals surface area contributed by atoms with Crippen LogP contribution in [0.3, 0.4) is 0 Å². The number of carbonyl (C=O) groups is 2. The Hall–Kier alpha value is -2.71. The highest BCUT2D eigenvalue weighted by molar-refractivity contribution is 7.88. The van der Waals surface area contributed by atoms with E-state index in [9.17, 15) is 18.0 Å². The third kappa shape index (κ3) is 7.67. The molecular formula is C21H27N3O4S. The van der Waals surface area contributed by atoms with Crippen molar-refractivity contribution >= 4 is 27.5 Å². The molecule has 0 unspecified atom stereocenters. The molecule has 0 aliphatic heterocycles. The average molecular weight is 418 g/mol. The van der Waals surface area contributed by atoms with Gasteiger partial charge in [-0.2, -0.15) is 0 Å². The first-order valence-electron chi connectivity index (χ1n) is 9.28. The molecule has 0 atom stereocenters. The average Bonchev–Trinajstić information content (AvgIpc) is 2.65. The molecule has 0 bridgehead atoms. The molecule has 0 aromatic heterocycles. The Morgan fingerprint density at radius 3 is 2.10 bits per heavy atom. The molecular weight excluding hydrogens is 390 g/mol. The first-order chi connectivity index (χ1) is 13.6. The summed E-state index contributed by atoms with van der Waals surface area (Å²) in [6.07, 6.45) is 0. The topological polar surface area (TPSA) is 104 Å². The van der Waals surface area contributed by atoms with Crippen LogP contribution in [0.4, 0.5) is 5.69 Å². The lowest BCUT2D eigenvalue weighted by Gasteiger charge is -2.17. The van der Waals surface area contributed by atoms with Gasteiger partial charge in [-0.1, -0.05) is 51.1 Å². The van der Waals surface area contributed by atoms with Crippen LogP contribution in [0.2, 0.25) is 0 Å². The number of hydrogen-bond acceptors (Lipinski definition) is 4. The van der Waals surface area contributed by atoms with Crippen LogP contribution < -0.4 is 15.4 Å².